The molecule has 9 nitrogen and oxygen atoms in total. The summed E-state index contributed by atoms with van der Waals surface area (Å²) in [4.78, 5) is 19.3. The van der Waals surface area contributed by atoms with E-state index in [9.17, 15) is 13.2 Å². The van der Waals surface area contributed by atoms with Gasteiger partial charge in [0, 0.05) is 17.6 Å². The molecule has 0 aliphatic heterocycles. The molecule has 0 fully saturated rings. The first kappa shape index (κ1) is 24.8. The minimum atomic E-state index is -3.94. The zero-order chi connectivity index (χ0) is 25.4. The van der Waals surface area contributed by atoms with Gasteiger partial charge in [0.2, 0.25) is 0 Å². The number of aliphatic carboxylic acids is 1. The number of carboxylic acid groups (broad SMARTS) is 1. The van der Waals surface area contributed by atoms with E-state index in [2.05, 4.69) is 25.3 Å². The molecule has 0 amide bonds. The van der Waals surface area contributed by atoms with Gasteiger partial charge in [0.25, 0.3) is 10.0 Å². The van der Waals surface area contributed by atoms with Crippen LogP contribution < -0.4 is 15.4 Å². The van der Waals surface area contributed by atoms with E-state index in [-0.39, 0.29) is 11.6 Å². The second-order valence-corrected chi connectivity index (χ2v) is 9.59. The van der Waals surface area contributed by atoms with Crippen LogP contribution in [0.1, 0.15) is 17.3 Å². The minimum absolute atomic E-state index is 0.0995. The Bertz CT molecular complexity index is 1400. The second-order valence-electron chi connectivity index (χ2n) is 7.93. The summed E-state index contributed by atoms with van der Waals surface area (Å²) in [5.41, 5.74) is 3.18. The molecule has 36 heavy (non-hydrogen) atoms. The van der Waals surface area contributed by atoms with Gasteiger partial charge in [-0.1, -0.05) is 42.5 Å². The van der Waals surface area contributed by atoms with E-state index in [1.165, 1.54) is 12.3 Å². The molecule has 2 aromatic heterocycles. The number of nitrogens with zero attached hydrogens (tertiary/aromatic N) is 2. The maximum Gasteiger partial charge on any atom is 0.322 e. The SMILES string of the molecule is O=C(O)CNc1cccc(C(Cc2ccc(Nc3ccccc3)cc2)NS(=O)(=O)c2ccccn2)n1. The Hall–Kier alpha value is -4.28. The van der Waals surface area contributed by atoms with E-state index in [0.717, 1.165) is 16.9 Å². The fraction of sp³-hybridized carbons (Fsp3) is 0.115. The molecule has 0 saturated heterocycles. The van der Waals surface area contributed by atoms with E-state index in [1.807, 2.05) is 54.6 Å². The van der Waals surface area contributed by atoms with Gasteiger partial charge < -0.3 is 15.7 Å². The Balaban J connectivity index is 1.58. The Morgan fingerprint density at radius 3 is 2.28 bits per heavy atom. The summed E-state index contributed by atoms with van der Waals surface area (Å²) >= 11 is 0. The number of carbonyl (C=O) groups is 1. The van der Waals surface area contributed by atoms with E-state index in [4.69, 9.17) is 5.11 Å². The topological polar surface area (TPSA) is 133 Å². The molecule has 1 unspecified atom stereocenters. The molecule has 2 aromatic carbocycles. The third-order valence-electron chi connectivity index (χ3n) is 5.22. The van der Waals surface area contributed by atoms with Crippen LogP contribution in [0.15, 0.2) is 102 Å². The van der Waals surface area contributed by atoms with Crippen LogP contribution in [0.4, 0.5) is 17.2 Å². The lowest BCUT2D eigenvalue weighted by Crippen LogP contribution is -2.31. The second kappa shape index (κ2) is 11.4. The summed E-state index contributed by atoms with van der Waals surface area (Å²) in [6.07, 6.45) is 1.73. The first-order chi connectivity index (χ1) is 17.4. The minimum Gasteiger partial charge on any atom is -0.480 e. The third-order valence-corrected chi connectivity index (χ3v) is 6.60. The van der Waals surface area contributed by atoms with E-state index in [1.54, 1.807) is 30.3 Å². The predicted molar refractivity (Wildman–Crippen MR) is 138 cm³/mol. The molecule has 10 heteroatoms. The number of hydrogen-bond acceptors (Lipinski definition) is 7. The van der Waals surface area contributed by atoms with Crippen LogP contribution in [0, 0.1) is 0 Å². The molecule has 0 bridgehead atoms. The average Bonchev–Trinajstić information content (AvgIpc) is 2.89. The zero-order valence-corrected chi connectivity index (χ0v) is 20.0. The summed E-state index contributed by atoms with van der Waals surface area (Å²) < 4.78 is 28.8. The van der Waals surface area contributed by atoms with Crippen molar-refractivity contribution in [3.05, 3.63) is 108 Å². The quantitative estimate of drug-likeness (QED) is 0.242. The lowest BCUT2D eigenvalue weighted by Gasteiger charge is -2.19. The Kier molecular flexibility index (Phi) is 7.89. The smallest absolute Gasteiger partial charge is 0.322 e. The highest BCUT2D eigenvalue weighted by Crippen LogP contribution is 2.23. The molecule has 4 rings (SSSR count). The summed E-state index contributed by atoms with van der Waals surface area (Å²) in [5, 5.41) is 14.9. The van der Waals surface area contributed by atoms with Crippen molar-refractivity contribution in [2.45, 2.75) is 17.5 Å². The number of rotatable bonds is 11. The maximum atomic E-state index is 13.1. The van der Waals surface area contributed by atoms with Gasteiger partial charge in [-0.25, -0.2) is 23.1 Å². The Labute approximate surface area is 209 Å². The molecule has 0 saturated carbocycles. The number of anilines is 3. The lowest BCUT2D eigenvalue weighted by atomic mass is 10.0. The first-order valence-electron chi connectivity index (χ1n) is 11.2. The largest absolute Gasteiger partial charge is 0.480 e. The number of hydrogen-bond donors (Lipinski definition) is 4. The maximum absolute atomic E-state index is 13.1. The summed E-state index contributed by atoms with van der Waals surface area (Å²) in [6.45, 7) is -0.309. The van der Waals surface area contributed by atoms with Gasteiger partial charge in [0.15, 0.2) is 5.03 Å². The molecule has 2 heterocycles. The summed E-state index contributed by atoms with van der Waals surface area (Å²) in [5.74, 6) is -0.696. The van der Waals surface area contributed by atoms with E-state index >= 15 is 0 Å². The molecule has 0 aliphatic carbocycles. The molecule has 184 valence electrons. The van der Waals surface area contributed by atoms with Crippen molar-refractivity contribution in [2.24, 2.45) is 0 Å². The first-order valence-corrected chi connectivity index (χ1v) is 12.6. The number of pyridine rings is 2. The lowest BCUT2D eigenvalue weighted by molar-refractivity contribution is -0.134. The number of nitrogens with one attached hydrogen (secondary N) is 3. The Morgan fingerprint density at radius 1 is 0.861 bits per heavy atom. The van der Waals surface area contributed by atoms with E-state index < -0.39 is 22.0 Å². The van der Waals surface area contributed by atoms with Gasteiger partial charge in [-0.2, -0.15) is 0 Å². The van der Waals surface area contributed by atoms with Crippen LogP contribution in [0.2, 0.25) is 0 Å². The third kappa shape index (κ3) is 6.87. The van der Waals surface area contributed by atoms with Crippen molar-refractivity contribution in [1.29, 1.82) is 0 Å². The highest BCUT2D eigenvalue weighted by atomic mass is 32.2. The van der Waals surface area contributed by atoms with E-state index in [0.29, 0.717) is 17.9 Å². The van der Waals surface area contributed by atoms with Gasteiger partial charge in [-0.3, -0.25) is 4.79 Å². The fourth-order valence-corrected chi connectivity index (χ4v) is 4.68. The molecule has 0 aliphatic rings. The molecule has 4 aromatic rings. The highest BCUT2D eigenvalue weighted by Gasteiger charge is 2.24. The number of aromatic nitrogens is 2. The van der Waals surface area contributed by atoms with Crippen LogP contribution in [-0.2, 0) is 21.2 Å². The van der Waals surface area contributed by atoms with Crippen LogP contribution in [0.25, 0.3) is 0 Å². The highest BCUT2D eigenvalue weighted by molar-refractivity contribution is 7.89. The van der Waals surface area contributed by atoms with Crippen molar-refractivity contribution in [1.82, 2.24) is 14.7 Å². The fourth-order valence-electron chi connectivity index (χ4n) is 3.52. The Morgan fingerprint density at radius 2 is 1.58 bits per heavy atom. The standard InChI is InChI=1S/C26H25N5O4S/c32-26(33)18-28-24-10-6-9-22(30-24)23(31-36(34,35)25-11-4-5-16-27-25)17-19-12-14-21(15-13-19)29-20-7-2-1-3-8-20/h1-16,23,29,31H,17-18H2,(H,28,30)(H,32,33). The van der Waals surface area contributed by atoms with Crippen LogP contribution in [0.5, 0.6) is 0 Å². The van der Waals surface area contributed by atoms with Gasteiger partial charge >= 0.3 is 5.97 Å². The predicted octanol–water partition coefficient (Wildman–Crippen LogP) is 3.98. The summed E-state index contributed by atoms with van der Waals surface area (Å²) in [6, 6.07) is 26.4. The van der Waals surface area contributed by atoms with Gasteiger partial charge in [0.1, 0.15) is 12.4 Å². The van der Waals surface area contributed by atoms with Crippen molar-refractivity contribution >= 4 is 33.2 Å². The molecular weight excluding hydrogens is 478 g/mol. The number of sulfonamides is 1. The van der Waals surface area contributed by atoms with Crippen LogP contribution in [-0.4, -0.2) is 36.0 Å². The summed E-state index contributed by atoms with van der Waals surface area (Å²) in [7, 11) is -3.94. The average molecular weight is 504 g/mol. The number of carboxylic acids is 1. The van der Waals surface area contributed by atoms with Crippen LogP contribution in [0.3, 0.4) is 0 Å². The van der Waals surface area contributed by atoms with Gasteiger partial charge in [-0.05, 0) is 60.5 Å². The van der Waals surface area contributed by atoms with Crippen molar-refractivity contribution in [3.63, 3.8) is 0 Å². The molecular formula is C26H25N5O4S. The molecule has 0 radical (unpaired) electrons. The van der Waals surface area contributed by atoms with Gasteiger partial charge in [-0.15, -0.1) is 0 Å². The molecule has 0 spiro atoms. The van der Waals surface area contributed by atoms with Crippen LogP contribution >= 0.6 is 0 Å². The number of para-hydroxylation sites is 1. The number of benzene rings is 2. The molecule has 1 atom stereocenters. The monoisotopic (exact) mass is 503 g/mol. The van der Waals surface area contributed by atoms with Crippen molar-refractivity contribution in [3.8, 4) is 0 Å². The zero-order valence-electron chi connectivity index (χ0n) is 19.2. The van der Waals surface area contributed by atoms with Crippen molar-refractivity contribution < 1.29 is 18.3 Å². The van der Waals surface area contributed by atoms with Crippen molar-refractivity contribution in [2.75, 3.05) is 17.2 Å². The molecule has 4 N–H and O–H groups in total. The van der Waals surface area contributed by atoms with Gasteiger partial charge in [0.05, 0.1) is 11.7 Å². The normalized spacial score (nSPS) is 12.0.